The second-order valence-electron chi connectivity index (χ2n) is 6.42. The molecule has 3 heterocycles. The lowest BCUT2D eigenvalue weighted by molar-refractivity contribution is -0.122. The first kappa shape index (κ1) is 19.3. The summed E-state index contributed by atoms with van der Waals surface area (Å²) in [6.45, 7) is 0.196. The third-order valence-corrected chi connectivity index (χ3v) is 6.25. The number of aromatic nitrogens is 1. The van der Waals surface area contributed by atoms with Gasteiger partial charge in [-0.3, -0.25) is 9.59 Å². The molecule has 9 heteroatoms. The number of amides is 2. The molecule has 0 radical (unpaired) electrons. The van der Waals surface area contributed by atoms with Gasteiger partial charge in [0.2, 0.25) is 11.8 Å². The number of carbonyl (C=O) groups is 3. The van der Waals surface area contributed by atoms with Crippen LogP contribution in [0, 0.1) is 5.92 Å². The summed E-state index contributed by atoms with van der Waals surface area (Å²) in [6.07, 6.45) is 0.0739. The van der Waals surface area contributed by atoms with E-state index in [1.54, 1.807) is 35.6 Å². The van der Waals surface area contributed by atoms with Crippen LogP contribution >= 0.6 is 22.7 Å². The van der Waals surface area contributed by atoms with Gasteiger partial charge >= 0.3 is 5.97 Å². The number of methoxy groups -OCH3 is 1. The fourth-order valence-corrected chi connectivity index (χ4v) is 4.66. The molecule has 7 nitrogen and oxygen atoms in total. The molecular formula is C20H17N3O4S2. The molecular weight excluding hydrogens is 410 g/mol. The first-order chi connectivity index (χ1) is 14.1. The molecule has 1 aromatic carbocycles. The number of thiophene rings is 1. The lowest BCUT2D eigenvalue weighted by Crippen LogP contribution is -2.29. The van der Waals surface area contributed by atoms with Crippen molar-refractivity contribution in [2.24, 2.45) is 5.92 Å². The van der Waals surface area contributed by atoms with Gasteiger partial charge in [0.1, 0.15) is 0 Å². The van der Waals surface area contributed by atoms with Gasteiger partial charge in [0, 0.05) is 18.3 Å². The van der Waals surface area contributed by atoms with E-state index < -0.39 is 11.9 Å². The molecule has 29 heavy (non-hydrogen) atoms. The number of nitrogens with one attached hydrogen (secondary N) is 1. The molecule has 0 aliphatic carbocycles. The zero-order valence-corrected chi connectivity index (χ0v) is 17.1. The van der Waals surface area contributed by atoms with Gasteiger partial charge < -0.3 is 15.0 Å². The molecule has 1 aliphatic heterocycles. The summed E-state index contributed by atoms with van der Waals surface area (Å²) in [6, 6.07) is 10.6. The molecule has 0 bridgehead atoms. The second kappa shape index (κ2) is 8.14. The number of rotatable bonds is 5. The maximum Gasteiger partial charge on any atom is 0.339 e. The molecule has 1 unspecified atom stereocenters. The fourth-order valence-electron chi connectivity index (χ4n) is 3.18. The highest BCUT2D eigenvalue weighted by Gasteiger charge is 2.37. The Kier molecular flexibility index (Phi) is 5.41. The summed E-state index contributed by atoms with van der Waals surface area (Å²) in [5.74, 6) is -1.52. The number of benzene rings is 1. The highest BCUT2D eigenvalue weighted by molar-refractivity contribution is 7.16. The first-order valence-corrected chi connectivity index (χ1v) is 10.6. The highest BCUT2D eigenvalue weighted by atomic mass is 32.1. The van der Waals surface area contributed by atoms with Crippen LogP contribution in [0.2, 0.25) is 0 Å². The van der Waals surface area contributed by atoms with Gasteiger partial charge in [-0.25, -0.2) is 9.78 Å². The van der Waals surface area contributed by atoms with Crippen LogP contribution in [-0.2, 0) is 14.3 Å². The van der Waals surface area contributed by atoms with E-state index in [1.165, 1.54) is 23.3 Å². The second-order valence-corrected chi connectivity index (χ2v) is 8.22. The molecule has 1 N–H and O–H groups in total. The van der Waals surface area contributed by atoms with Gasteiger partial charge in [-0.2, -0.15) is 0 Å². The quantitative estimate of drug-likeness (QED) is 0.628. The Bertz CT molecular complexity index is 1060. The lowest BCUT2D eigenvalue weighted by atomic mass is 10.1. The predicted molar refractivity (Wildman–Crippen MR) is 112 cm³/mol. The topological polar surface area (TPSA) is 88.6 Å². The lowest BCUT2D eigenvalue weighted by Gasteiger charge is -2.19. The van der Waals surface area contributed by atoms with Crippen LogP contribution in [0.15, 0.2) is 47.2 Å². The summed E-state index contributed by atoms with van der Waals surface area (Å²) in [5.41, 5.74) is 1.57. The summed E-state index contributed by atoms with van der Waals surface area (Å²) in [4.78, 5) is 44.2. The van der Waals surface area contributed by atoms with Crippen LogP contribution in [0.3, 0.4) is 0 Å². The number of esters is 1. The van der Waals surface area contributed by atoms with Crippen LogP contribution in [-0.4, -0.2) is 36.4 Å². The van der Waals surface area contributed by atoms with E-state index in [0.717, 1.165) is 10.6 Å². The van der Waals surface area contributed by atoms with E-state index in [-0.39, 0.29) is 24.8 Å². The van der Waals surface area contributed by atoms with Crippen molar-refractivity contribution in [2.75, 3.05) is 23.9 Å². The molecule has 0 spiro atoms. The smallest absolute Gasteiger partial charge is 0.339 e. The van der Waals surface area contributed by atoms with Crippen molar-refractivity contribution in [1.82, 2.24) is 4.98 Å². The third kappa shape index (κ3) is 3.92. The van der Waals surface area contributed by atoms with Crippen LogP contribution in [0.5, 0.6) is 0 Å². The molecule has 148 valence electrons. The molecule has 1 fully saturated rings. The summed E-state index contributed by atoms with van der Waals surface area (Å²) in [7, 11) is 1.29. The van der Waals surface area contributed by atoms with E-state index in [2.05, 4.69) is 10.3 Å². The van der Waals surface area contributed by atoms with Crippen molar-refractivity contribution in [1.29, 1.82) is 0 Å². The minimum atomic E-state index is -0.526. The number of ether oxygens (including phenoxy) is 1. The normalized spacial score (nSPS) is 16.1. The zero-order valence-electron chi connectivity index (χ0n) is 15.5. The van der Waals surface area contributed by atoms with Gasteiger partial charge in [-0.15, -0.1) is 22.7 Å². The van der Waals surface area contributed by atoms with E-state index in [9.17, 15) is 14.4 Å². The number of thiazole rings is 1. The molecule has 0 saturated carbocycles. The average molecular weight is 428 g/mol. The van der Waals surface area contributed by atoms with Crippen molar-refractivity contribution >= 4 is 51.3 Å². The van der Waals surface area contributed by atoms with E-state index >= 15 is 0 Å². The number of para-hydroxylation sites is 1. The zero-order chi connectivity index (χ0) is 20.4. The largest absolute Gasteiger partial charge is 0.465 e. The minimum Gasteiger partial charge on any atom is -0.465 e. The fraction of sp³-hybridized carbons (Fsp3) is 0.200. The molecule has 3 aromatic rings. The molecule has 4 rings (SSSR count). The van der Waals surface area contributed by atoms with E-state index in [0.29, 0.717) is 16.4 Å². The Morgan fingerprint density at radius 1 is 1.21 bits per heavy atom. The van der Waals surface area contributed by atoms with Gasteiger partial charge in [0.15, 0.2) is 5.13 Å². The van der Waals surface area contributed by atoms with Crippen LogP contribution in [0.25, 0.3) is 10.6 Å². The summed E-state index contributed by atoms with van der Waals surface area (Å²) < 4.78 is 4.80. The monoisotopic (exact) mass is 427 g/mol. The highest BCUT2D eigenvalue weighted by Crippen LogP contribution is 2.31. The van der Waals surface area contributed by atoms with Gasteiger partial charge in [0.05, 0.1) is 34.8 Å². The number of anilines is 2. The standard InChI is InChI=1S/C20H17N3O4S2/c1-27-19(26)13-5-2-3-6-15(13)23-10-12(9-17(23)24)18(25)22-20-21-14(11-29-20)16-7-4-8-28-16/h2-8,11-12H,9-10H2,1H3,(H,21,22,25). The van der Waals surface area contributed by atoms with Gasteiger partial charge in [-0.05, 0) is 23.6 Å². The van der Waals surface area contributed by atoms with Crippen LogP contribution in [0.1, 0.15) is 16.8 Å². The number of nitrogens with zero attached hydrogens (tertiary/aromatic N) is 2. The van der Waals surface area contributed by atoms with Crippen molar-refractivity contribution in [2.45, 2.75) is 6.42 Å². The number of hydrogen-bond acceptors (Lipinski definition) is 7. The number of carbonyl (C=O) groups excluding carboxylic acids is 3. The van der Waals surface area contributed by atoms with Crippen molar-refractivity contribution in [3.63, 3.8) is 0 Å². The maximum atomic E-state index is 12.7. The first-order valence-electron chi connectivity index (χ1n) is 8.85. The molecule has 1 atom stereocenters. The summed E-state index contributed by atoms with van der Waals surface area (Å²) >= 11 is 2.93. The Morgan fingerprint density at radius 3 is 2.79 bits per heavy atom. The number of hydrogen-bond donors (Lipinski definition) is 1. The summed E-state index contributed by atoms with van der Waals surface area (Å²) in [5, 5.41) is 7.17. The maximum absolute atomic E-state index is 12.7. The Balaban J connectivity index is 1.47. The molecule has 1 aliphatic rings. The minimum absolute atomic E-state index is 0.0739. The van der Waals surface area contributed by atoms with Crippen LogP contribution < -0.4 is 10.2 Å². The Morgan fingerprint density at radius 2 is 2.03 bits per heavy atom. The van der Waals surface area contributed by atoms with Gasteiger partial charge in [0.25, 0.3) is 0 Å². The Hall–Kier alpha value is -3.04. The molecule has 2 aromatic heterocycles. The average Bonchev–Trinajstić information content (AvgIpc) is 3.48. The van der Waals surface area contributed by atoms with Gasteiger partial charge in [-0.1, -0.05) is 18.2 Å². The molecule has 2 amide bonds. The van der Waals surface area contributed by atoms with E-state index in [1.807, 2.05) is 22.9 Å². The third-order valence-electron chi connectivity index (χ3n) is 4.60. The Labute approximate surface area is 175 Å². The predicted octanol–water partition coefficient (Wildman–Crippen LogP) is 3.65. The van der Waals surface area contributed by atoms with Crippen LogP contribution in [0.4, 0.5) is 10.8 Å². The molecule has 1 saturated heterocycles. The van der Waals surface area contributed by atoms with E-state index in [4.69, 9.17) is 4.74 Å². The van der Waals surface area contributed by atoms with Crippen molar-refractivity contribution in [3.8, 4) is 10.6 Å². The SMILES string of the molecule is COC(=O)c1ccccc1N1CC(C(=O)Nc2nc(-c3cccs3)cs2)CC1=O. The van der Waals surface area contributed by atoms with Crippen molar-refractivity contribution < 1.29 is 19.1 Å². The van der Waals surface area contributed by atoms with Crippen molar-refractivity contribution in [3.05, 3.63) is 52.7 Å².